The molecule has 0 saturated heterocycles. The first-order chi connectivity index (χ1) is 8.39. The highest BCUT2D eigenvalue weighted by atomic mass is 32.1. The number of thiophene rings is 1. The van der Waals surface area contributed by atoms with Crippen molar-refractivity contribution in [3.8, 4) is 0 Å². The lowest BCUT2D eigenvalue weighted by Crippen LogP contribution is -2.38. The van der Waals surface area contributed by atoms with Gasteiger partial charge in [-0.3, -0.25) is 0 Å². The zero-order valence-electron chi connectivity index (χ0n) is 10.0. The normalized spacial score (nSPS) is 29.4. The van der Waals surface area contributed by atoms with Gasteiger partial charge in [-0.05, 0) is 50.0 Å². The van der Waals surface area contributed by atoms with Gasteiger partial charge in [0.25, 0.3) is 0 Å². The number of alkyl halides is 3. The Morgan fingerprint density at radius 1 is 1.33 bits per heavy atom. The van der Waals surface area contributed by atoms with Gasteiger partial charge in [-0.1, -0.05) is 6.07 Å². The van der Waals surface area contributed by atoms with Gasteiger partial charge in [0, 0.05) is 4.88 Å². The largest absolute Gasteiger partial charge is 0.391 e. The summed E-state index contributed by atoms with van der Waals surface area (Å²) in [6.07, 6.45) is -2.13. The molecule has 1 heterocycles. The molecule has 102 valence electrons. The van der Waals surface area contributed by atoms with Crippen LogP contribution >= 0.6 is 11.3 Å². The molecule has 5 heteroatoms. The lowest BCUT2D eigenvalue weighted by Gasteiger charge is -2.36. The maximum Gasteiger partial charge on any atom is 0.391 e. The van der Waals surface area contributed by atoms with Crippen molar-refractivity contribution in [2.45, 2.75) is 50.3 Å². The molecule has 0 radical (unpaired) electrons. The highest BCUT2D eigenvalue weighted by molar-refractivity contribution is 7.09. The van der Waals surface area contributed by atoms with Gasteiger partial charge in [0.2, 0.25) is 0 Å². The van der Waals surface area contributed by atoms with Crippen LogP contribution in [0.5, 0.6) is 0 Å². The number of hydrogen-bond donors (Lipinski definition) is 1. The molecule has 1 aromatic rings. The fraction of sp³-hybridized carbons (Fsp3) is 0.692. The van der Waals surface area contributed by atoms with Gasteiger partial charge in [-0.25, -0.2) is 0 Å². The van der Waals surface area contributed by atoms with E-state index < -0.39 is 17.7 Å². The van der Waals surface area contributed by atoms with Crippen molar-refractivity contribution in [2.75, 3.05) is 0 Å². The average molecular weight is 278 g/mol. The van der Waals surface area contributed by atoms with E-state index in [9.17, 15) is 18.3 Å². The Bertz CT molecular complexity index is 364. The predicted molar refractivity (Wildman–Crippen MR) is 65.6 cm³/mol. The van der Waals surface area contributed by atoms with Crippen LogP contribution in [0.15, 0.2) is 17.5 Å². The van der Waals surface area contributed by atoms with Crippen molar-refractivity contribution < 1.29 is 18.3 Å². The Morgan fingerprint density at radius 2 is 2.00 bits per heavy atom. The molecule has 0 unspecified atom stereocenters. The lowest BCUT2D eigenvalue weighted by molar-refractivity contribution is -0.192. The molecule has 1 aromatic heterocycles. The third kappa shape index (κ3) is 3.48. The van der Waals surface area contributed by atoms with Crippen LogP contribution in [0.3, 0.4) is 0 Å². The molecule has 2 rings (SSSR count). The topological polar surface area (TPSA) is 20.2 Å². The maximum absolute atomic E-state index is 12.5. The minimum absolute atomic E-state index is 0.0600. The van der Waals surface area contributed by atoms with E-state index in [1.165, 1.54) is 4.88 Å². The minimum atomic E-state index is -4.10. The van der Waals surface area contributed by atoms with E-state index in [2.05, 4.69) is 0 Å². The molecule has 0 bridgehead atoms. The van der Waals surface area contributed by atoms with E-state index in [0.717, 1.165) is 6.42 Å². The second-order valence-electron chi connectivity index (χ2n) is 5.12. The standard InChI is InChI=1S/C13H17F3OS/c14-13(15,16)10-3-6-12(17,7-4-10)8-5-11-2-1-9-18-11/h1-2,9-10,17H,3-8H2. The maximum atomic E-state index is 12.5. The average Bonchev–Trinajstić information content (AvgIpc) is 2.79. The number of hydrogen-bond acceptors (Lipinski definition) is 2. The first-order valence-corrected chi connectivity index (χ1v) is 7.08. The molecule has 0 aromatic carbocycles. The fourth-order valence-electron chi connectivity index (χ4n) is 2.54. The Labute approximate surface area is 109 Å². The third-order valence-electron chi connectivity index (χ3n) is 3.80. The Morgan fingerprint density at radius 3 is 2.50 bits per heavy atom. The molecule has 0 spiro atoms. The molecule has 0 aliphatic heterocycles. The number of aryl methyl sites for hydroxylation is 1. The molecular weight excluding hydrogens is 261 g/mol. The molecule has 1 saturated carbocycles. The number of halogens is 3. The molecule has 1 fully saturated rings. The molecule has 1 N–H and O–H groups in total. The third-order valence-corrected chi connectivity index (χ3v) is 4.73. The van der Waals surface area contributed by atoms with Crippen molar-refractivity contribution in [3.05, 3.63) is 22.4 Å². The number of aliphatic hydroxyl groups is 1. The van der Waals surface area contributed by atoms with Crippen molar-refractivity contribution in [1.82, 2.24) is 0 Å². The highest BCUT2D eigenvalue weighted by Crippen LogP contribution is 2.42. The molecule has 1 aliphatic rings. The fourth-order valence-corrected chi connectivity index (χ4v) is 3.25. The van der Waals surface area contributed by atoms with Crippen LogP contribution in [0.1, 0.15) is 37.0 Å². The Hall–Kier alpha value is -0.550. The van der Waals surface area contributed by atoms with Crippen LogP contribution < -0.4 is 0 Å². The summed E-state index contributed by atoms with van der Waals surface area (Å²) >= 11 is 1.62. The van der Waals surface area contributed by atoms with Gasteiger partial charge < -0.3 is 5.11 Å². The van der Waals surface area contributed by atoms with Gasteiger partial charge in [0.05, 0.1) is 11.5 Å². The second kappa shape index (κ2) is 5.21. The van der Waals surface area contributed by atoms with Crippen LogP contribution in [0, 0.1) is 5.92 Å². The molecule has 0 amide bonds. The van der Waals surface area contributed by atoms with E-state index in [0.29, 0.717) is 6.42 Å². The Kier molecular flexibility index (Phi) is 4.02. The van der Waals surface area contributed by atoms with E-state index in [1.807, 2.05) is 17.5 Å². The van der Waals surface area contributed by atoms with Crippen molar-refractivity contribution in [1.29, 1.82) is 0 Å². The summed E-state index contributed by atoms with van der Waals surface area (Å²) in [5, 5.41) is 12.3. The molecule has 18 heavy (non-hydrogen) atoms. The minimum Gasteiger partial charge on any atom is -0.390 e. The smallest absolute Gasteiger partial charge is 0.390 e. The zero-order chi connectivity index (χ0) is 13.2. The highest BCUT2D eigenvalue weighted by Gasteiger charge is 2.44. The van der Waals surface area contributed by atoms with Crippen molar-refractivity contribution in [3.63, 3.8) is 0 Å². The molecule has 0 atom stereocenters. The molecular formula is C13H17F3OS. The van der Waals surface area contributed by atoms with E-state index in [1.54, 1.807) is 11.3 Å². The first kappa shape index (κ1) is 13.9. The van der Waals surface area contributed by atoms with Crippen LogP contribution in [-0.4, -0.2) is 16.9 Å². The van der Waals surface area contributed by atoms with Crippen molar-refractivity contribution >= 4 is 11.3 Å². The van der Waals surface area contributed by atoms with E-state index >= 15 is 0 Å². The van der Waals surface area contributed by atoms with Gasteiger partial charge in [-0.2, -0.15) is 13.2 Å². The van der Waals surface area contributed by atoms with Gasteiger partial charge in [0.15, 0.2) is 0 Å². The summed E-state index contributed by atoms with van der Waals surface area (Å²) in [6.45, 7) is 0. The molecule has 1 nitrogen and oxygen atoms in total. The zero-order valence-corrected chi connectivity index (χ0v) is 10.9. The predicted octanol–water partition coefficient (Wildman–Crippen LogP) is 4.16. The summed E-state index contributed by atoms with van der Waals surface area (Å²) in [6, 6.07) is 3.94. The lowest BCUT2D eigenvalue weighted by atomic mass is 9.76. The summed E-state index contributed by atoms with van der Waals surface area (Å²) in [5.74, 6) is -1.22. The SMILES string of the molecule is OC1(CCc2cccs2)CCC(C(F)(F)F)CC1. The van der Waals surface area contributed by atoms with E-state index in [-0.39, 0.29) is 25.7 Å². The summed E-state index contributed by atoms with van der Waals surface area (Å²) < 4.78 is 37.6. The monoisotopic (exact) mass is 278 g/mol. The van der Waals surface area contributed by atoms with E-state index in [4.69, 9.17) is 0 Å². The van der Waals surface area contributed by atoms with Crippen LogP contribution in [0.25, 0.3) is 0 Å². The van der Waals surface area contributed by atoms with Crippen molar-refractivity contribution in [2.24, 2.45) is 5.92 Å². The second-order valence-corrected chi connectivity index (χ2v) is 6.15. The Balaban J connectivity index is 1.83. The first-order valence-electron chi connectivity index (χ1n) is 6.21. The summed E-state index contributed by atoms with van der Waals surface area (Å²) in [4.78, 5) is 1.18. The quantitative estimate of drug-likeness (QED) is 0.880. The summed E-state index contributed by atoms with van der Waals surface area (Å²) in [5.41, 5.74) is -0.897. The number of rotatable bonds is 3. The summed E-state index contributed by atoms with van der Waals surface area (Å²) in [7, 11) is 0. The molecule has 1 aliphatic carbocycles. The van der Waals surface area contributed by atoms with Gasteiger partial charge >= 0.3 is 6.18 Å². The van der Waals surface area contributed by atoms with Crippen LogP contribution in [-0.2, 0) is 6.42 Å². The van der Waals surface area contributed by atoms with Crippen LogP contribution in [0.4, 0.5) is 13.2 Å². The van der Waals surface area contributed by atoms with Gasteiger partial charge in [0.1, 0.15) is 0 Å². The van der Waals surface area contributed by atoms with Gasteiger partial charge in [-0.15, -0.1) is 11.3 Å². The van der Waals surface area contributed by atoms with Crippen LogP contribution in [0.2, 0.25) is 0 Å².